The van der Waals surface area contributed by atoms with Gasteiger partial charge in [-0.05, 0) is 226 Å². The molecule has 0 heterocycles. The largest absolute Gasteiger partial charge is 0.497 e. The summed E-state index contributed by atoms with van der Waals surface area (Å²) in [5.74, 6) is 9.92. The van der Waals surface area contributed by atoms with Crippen LogP contribution in [0.2, 0.25) is 0 Å². The molecule has 0 aliphatic carbocycles. The summed E-state index contributed by atoms with van der Waals surface area (Å²) < 4.78 is 135. The molecule has 0 saturated heterocycles. The van der Waals surface area contributed by atoms with Crippen molar-refractivity contribution in [1.29, 1.82) is 0 Å². The average molecular weight is 1580 g/mol. The second-order valence-corrected chi connectivity index (χ2v) is 28.9. The Kier molecular flexibility index (Phi) is 41.6. The lowest BCUT2D eigenvalue weighted by molar-refractivity contribution is -0.136. The number of fused-ring (bicyclic) bond motifs is 5. The van der Waals surface area contributed by atoms with Crippen molar-refractivity contribution in [1.82, 2.24) is 0 Å². The third kappa shape index (κ3) is 27.0. The number of ether oxygens (including phenoxy) is 10. The van der Waals surface area contributed by atoms with Crippen molar-refractivity contribution in [3.05, 3.63) is 214 Å². The molecule has 0 radical (unpaired) electrons. The van der Waals surface area contributed by atoms with Crippen LogP contribution in [0, 0.1) is 0 Å². The summed E-state index contributed by atoms with van der Waals surface area (Å²) in [7, 11) is 11.6. The number of hydrogen-bond donors (Lipinski definition) is 0. The van der Waals surface area contributed by atoms with Gasteiger partial charge < -0.3 is 47.4 Å². The molecule has 11 aromatic carbocycles. The normalized spacial score (nSPS) is 11.0. The summed E-state index contributed by atoms with van der Waals surface area (Å²) in [6, 6.07) is 52.2. The second-order valence-electron chi connectivity index (χ2n) is 28.9. The van der Waals surface area contributed by atoms with Gasteiger partial charge in [-0.25, -0.2) is 0 Å². The van der Waals surface area contributed by atoms with Crippen LogP contribution in [-0.2, 0) is 12.4 Å². The van der Waals surface area contributed by atoms with Crippen LogP contribution in [0.15, 0.2) is 170 Å². The first-order valence-corrected chi connectivity index (χ1v) is 38.9. The van der Waals surface area contributed by atoms with E-state index in [-0.39, 0.29) is 49.9 Å². The highest BCUT2D eigenvalue weighted by atomic mass is 19.4. The van der Waals surface area contributed by atoms with Gasteiger partial charge in [-0.3, -0.25) is 0 Å². The van der Waals surface area contributed by atoms with Crippen LogP contribution in [0.25, 0.3) is 53.9 Å². The molecule has 0 saturated carbocycles. The van der Waals surface area contributed by atoms with E-state index in [4.69, 9.17) is 47.4 Å². The van der Waals surface area contributed by atoms with Gasteiger partial charge in [0.25, 0.3) is 0 Å². The minimum Gasteiger partial charge on any atom is -0.497 e. The Morgan fingerprint density at radius 2 is 0.570 bits per heavy atom. The fourth-order valence-electron chi connectivity index (χ4n) is 12.8. The monoisotopic (exact) mass is 1580 g/mol. The van der Waals surface area contributed by atoms with Gasteiger partial charge >= 0.3 is 12.4 Å². The molecular formula is C98H132F6O10. The van der Waals surface area contributed by atoms with E-state index in [9.17, 15) is 26.3 Å². The van der Waals surface area contributed by atoms with E-state index in [2.05, 4.69) is 154 Å². The van der Waals surface area contributed by atoms with Crippen LogP contribution in [0.3, 0.4) is 0 Å². The molecule has 0 aliphatic heterocycles. The van der Waals surface area contributed by atoms with E-state index in [0.29, 0.717) is 68.9 Å². The van der Waals surface area contributed by atoms with E-state index in [1.807, 2.05) is 112 Å². The van der Waals surface area contributed by atoms with Crippen molar-refractivity contribution in [3.63, 3.8) is 0 Å². The van der Waals surface area contributed by atoms with Crippen LogP contribution in [0.4, 0.5) is 26.3 Å². The standard InChI is InChI=1S/C19H14F6.C19H20O2.C18H30O3.C13H14.C12H18O3.C11H16O2.2C2H6.2CH4/c1-10(2)17-11-5-3-7-15(18(20,21)22)13(11)9-14-12(17)6-4-8-16(14)19(23,24)25;1-12(2)19-13-7-5-9-17(20-3)15(13)11-16-14(19)8-6-10-18(16)21-4;1-11(2)15-9-16(19-12(3)4)18(21-14(7)8)17(10-15)20-13(5)6;1-10(2)12-9-5-7-11-6-3-4-8-13(11)12;1-8(2)9-6-10(13-3)12(15-5)11(7-9)14-4;1-8(2)9-5-10(12-3)7-11(6-9)13-4;2*1-2;;/h3-10H,1-2H3;5-12H,1-4H3;9-14H,1-8H3;3-10H,1-2H3;6-8H,1-5H3;5-8H,1-4H3;2*1-2H3;2*1H4. The van der Waals surface area contributed by atoms with E-state index in [1.165, 1.54) is 73.6 Å². The summed E-state index contributed by atoms with van der Waals surface area (Å²) in [5.41, 5.74) is 5.03. The van der Waals surface area contributed by atoms with Crippen molar-refractivity contribution >= 4 is 53.9 Å². The van der Waals surface area contributed by atoms with Gasteiger partial charge in [-0.1, -0.05) is 217 Å². The van der Waals surface area contributed by atoms with E-state index < -0.39 is 23.5 Å². The number of alkyl halides is 6. The zero-order chi connectivity index (χ0) is 84.2. The number of methoxy groups -OCH3 is 7. The summed E-state index contributed by atoms with van der Waals surface area (Å²) >= 11 is 0. The molecule has 0 fully saturated rings. The van der Waals surface area contributed by atoms with Gasteiger partial charge in [0.15, 0.2) is 23.0 Å². The Hall–Kier alpha value is -9.70. The minimum absolute atomic E-state index is 0. The van der Waals surface area contributed by atoms with Crippen molar-refractivity contribution in [2.24, 2.45) is 0 Å². The quantitative estimate of drug-likeness (QED) is 0.0576. The molecule has 0 spiro atoms. The van der Waals surface area contributed by atoms with Gasteiger partial charge in [0.1, 0.15) is 23.0 Å². The molecule has 0 aromatic heterocycles. The first kappa shape index (κ1) is 100. The zero-order valence-corrected chi connectivity index (χ0v) is 71.7. The Morgan fingerprint density at radius 1 is 0.254 bits per heavy atom. The fraction of sp³-hybridized carbons (Fsp3) is 0.429. The number of benzene rings is 11. The van der Waals surface area contributed by atoms with E-state index in [0.717, 1.165) is 63.5 Å². The van der Waals surface area contributed by atoms with Gasteiger partial charge in [-0.15, -0.1) is 0 Å². The van der Waals surface area contributed by atoms with Crippen LogP contribution in [0.5, 0.6) is 57.5 Å². The molecule has 0 atom stereocenters. The molecule has 0 amide bonds. The minimum atomic E-state index is -4.64. The van der Waals surface area contributed by atoms with Gasteiger partial charge in [0, 0.05) is 16.8 Å². The summed E-state index contributed by atoms with van der Waals surface area (Å²) in [5, 5.41) is 7.77. The lowest BCUT2D eigenvalue weighted by Gasteiger charge is -2.23. The maximum Gasteiger partial charge on any atom is 0.417 e. The second kappa shape index (κ2) is 47.2. The van der Waals surface area contributed by atoms with Crippen LogP contribution >= 0.6 is 0 Å². The molecule has 16 heteroatoms. The maximum absolute atomic E-state index is 13.4. The predicted octanol–water partition coefficient (Wildman–Crippen LogP) is 30.4. The number of rotatable bonds is 19. The molecule has 0 N–H and O–H groups in total. The van der Waals surface area contributed by atoms with Crippen LogP contribution in [-0.4, -0.2) is 68.1 Å². The number of halogens is 6. The average Bonchev–Trinajstić information content (AvgIpc) is 0.751. The van der Waals surface area contributed by atoms with Crippen LogP contribution in [0.1, 0.15) is 247 Å². The smallest absolute Gasteiger partial charge is 0.417 e. The van der Waals surface area contributed by atoms with Gasteiger partial charge in [0.2, 0.25) is 11.5 Å². The SMILES string of the molecule is C.C.CC.CC.CC(C)Oc1cc(C(C)C)cc(OC(C)C)c1OC(C)C.CC(C)c1c2cccc(C(F)(F)F)c2cc2c(C(F)(F)F)cccc12.CC(C)c1cccc2ccccc12.COc1cc(C(C)C)cc(OC)c1OC.COc1cc(OC)cc(C(C)C)c1.COc1cccc2c(C(C)C)c3cccc(OC)c3cc12. The lowest BCUT2D eigenvalue weighted by atomic mass is 9.87. The molecule has 0 unspecified atom stereocenters. The van der Waals surface area contributed by atoms with Crippen molar-refractivity contribution in [3.8, 4) is 57.5 Å². The van der Waals surface area contributed by atoms with Crippen LogP contribution < -0.4 is 47.4 Å². The third-order valence-electron chi connectivity index (χ3n) is 17.9. The molecule has 11 aromatic rings. The first-order valence-electron chi connectivity index (χ1n) is 38.9. The molecule has 626 valence electrons. The molecule has 0 aliphatic rings. The zero-order valence-electron chi connectivity index (χ0n) is 71.7. The summed E-state index contributed by atoms with van der Waals surface area (Å²) in [6.45, 7) is 45.4. The van der Waals surface area contributed by atoms with E-state index in [1.54, 1.807) is 63.6 Å². The Morgan fingerprint density at radius 3 is 0.895 bits per heavy atom. The maximum atomic E-state index is 13.4. The molecule has 10 nitrogen and oxygen atoms in total. The molecular weight excluding hydrogens is 1450 g/mol. The fourth-order valence-corrected chi connectivity index (χ4v) is 12.8. The van der Waals surface area contributed by atoms with Gasteiger partial charge in [0.05, 0.1) is 79.2 Å². The highest BCUT2D eigenvalue weighted by molar-refractivity contribution is 6.07. The Balaban J connectivity index is 0.000000465. The van der Waals surface area contributed by atoms with Crippen molar-refractivity contribution in [2.45, 2.75) is 233 Å². The lowest BCUT2D eigenvalue weighted by Crippen LogP contribution is -2.14. The van der Waals surface area contributed by atoms with Crippen molar-refractivity contribution in [2.75, 3.05) is 49.8 Å². The highest BCUT2D eigenvalue weighted by Crippen LogP contribution is 2.47. The highest BCUT2D eigenvalue weighted by Gasteiger charge is 2.36. The van der Waals surface area contributed by atoms with Crippen molar-refractivity contribution < 1.29 is 73.7 Å². The summed E-state index contributed by atoms with van der Waals surface area (Å²) in [6.07, 6.45) is -9.04. The Bertz CT molecular complexity index is 4500. The molecule has 11 rings (SSSR count). The first-order chi connectivity index (χ1) is 53.0. The third-order valence-corrected chi connectivity index (χ3v) is 17.9. The number of hydrogen-bond acceptors (Lipinski definition) is 10. The Labute approximate surface area is 679 Å². The summed E-state index contributed by atoms with van der Waals surface area (Å²) in [4.78, 5) is 0. The topological polar surface area (TPSA) is 92.3 Å². The molecule has 0 bridgehead atoms. The van der Waals surface area contributed by atoms with E-state index >= 15 is 0 Å². The van der Waals surface area contributed by atoms with Gasteiger partial charge in [-0.2, -0.15) is 26.3 Å². The molecule has 114 heavy (non-hydrogen) atoms. The predicted molar refractivity (Wildman–Crippen MR) is 470 cm³/mol.